The average molecular weight is 482 g/mol. The standard InChI is InChI=1S/C23H21F3N8O/c24-23(25,26)17-5-1-2-6-18(17)31-20(35)14-34-22-16(13-30-34)21(28-15-29-22)33-11-9-32(10-12-33)19-7-3-4-8-27-19/h1-8,13,15H,9-12,14H2,(H,31,35). The van der Waals surface area contributed by atoms with Gasteiger partial charge in [-0.2, -0.15) is 18.3 Å². The Bertz CT molecular complexity index is 1330. The SMILES string of the molecule is O=C(Cn1ncc2c(N3CCN(c4ccccn4)CC3)ncnc21)Nc1ccccc1C(F)(F)F. The first kappa shape index (κ1) is 22.6. The molecule has 1 aliphatic heterocycles. The summed E-state index contributed by atoms with van der Waals surface area (Å²) in [6.07, 6.45) is 0.164. The van der Waals surface area contributed by atoms with E-state index < -0.39 is 17.6 Å². The number of pyridine rings is 1. The first-order valence-electron chi connectivity index (χ1n) is 10.9. The van der Waals surface area contributed by atoms with Crippen molar-refractivity contribution < 1.29 is 18.0 Å². The second-order valence-electron chi connectivity index (χ2n) is 7.99. The van der Waals surface area contributed by atoms with Crippen molar-refractivity contribution in [1.29, 1.82) is 0 Å². The lowest BCUT2D eigenvalue weighted by Gasteiger charge is -2.36. The molecule has 35 heavy (non-hydrogen) atoms. The van der Waals surface area contributed by atoms with Gasteiger partial charge in [-0.1, -0.05) is 18.2 Å². The number of fused-ring (bicyclic) bond motifs is 1. The van der Waals surface area contributed by atoms with Gasteiger partial charge in [0.25, 0.3) is 0 Å². The van der Waals surface area contributed by atoms with Crippen molar-refractivity contribution in [3.63, 3.8) is 0 Å². The van der Waals surface area contributed by atoms with E-state index in [0.29, 0.717) is 29.9 Å². The molecule has 0 saturated carbocycles. The van der Waals surface area contributed by atoms with Crippen molar-refractivity contribution in [3.05, 3.63) is 66.7 Å². The van der Waals surface area contributed by atoms with E-state index in [0.717, 1.165) is 25.0 Å². The van der Waals surface area contributed by atoms with Crippen molar-refractivity contribution in [2.45, 2.75) is 12.7 Å². The van der Waals surface area contributed by atoms with Gasteiger partial charge in [0.1, 0.15) is 24.5 Å². The molecule has 180 valence electrons. The topological polar surface area (TPSA) is 92.1 Å². The number of carbonyl (C=O) groups excluding carboxylic acids is 1. The molecule has 0 spiro atoms. The van der Waals surface area contributed by atoms with Crippen LogP contribution in [0.15, 0.2) is 61.2 Å². The Morgan fingerprint density at radius 1 is 0.943 bits per heavy atom. The number of para-hydroxylation sites is 1. The number of aromatic nitrogens is 5. The number of hydrogen-bond acceptors (Lipinski definition) is 7. The molecule has 1 aliphatic rings. The number of rotatable bonds is 5. The average Bonchev–Trinajstić information content (AvgIpc) is 3.27. The van der Waals surface area contributed by atoms with E-state index >= 15 is 0 Å². The van der Waals surface area contributed by atoms with Crippen LogP contribution in [0.3, 0.4) is 0 Å². The van der Waals surface area contributed by atoms with Gasteiger partial charge < -0.3 is 15.1 Å². The number of anilines is 3. The molecule has 5 rings (SSSR count). The molecule has 1 fully saturated rings. The minimum absolute atomic E-state index is 0.292. The predicted molar refractivity (Wildman–Crippen MR) is 124 cm³/mol. The van der Waals surface area contributed by atoms with E-state index in [1.807, 2.05) is 18.2 Å². The lowest BCUT2D eigenvalue weighted by atomic mass is 10.1. The molecule has 9 nitrogen and oxygen atoms in total. The van der Waals surface area contributed by atoms with Gasteiger partial charge in [-0.05, 0) is 24.3 Å². The van der Waals surface area contributed by atoms with Crippen molar-refractivity contribution >= 4 is 34.3 Å². The third kappa shape index (κ3) is 4.72. The zero-order chi connectivity index (χ0) is 24.4. The van der Waals surface area contributed by atoms with Gasteiger partial charge in [0, 0.05) is 32.4 Å². The van der Waals surface area contributed by atoms with E-state index in [1.54, 1.807) is 12.4 Å². The van der Waals surface area contributed by atoms with Crippen LogP contribution >= 0.6 is 0 Å². The molecule has 0 radical (unpaired) electrons. The summed E-state index contributed by atoms with van der Waals surface area (Å²) in [7, 11) is 0. The summed E-state index contributed by atoms with van der Waals surface area (Å²) in [5, 5.41) is 7.25. The van der Waals surface area contributed by atoms with Crippen LogP contribution in [0, 0.1) is 0 Å². The molecule has 0 atom stereocenters. The maximum absolute atomic E-state index is 13.2. The zero-order valence-electron chi connectivity index (χ0n) is 18.5. The first-order valence-corrected chi connectivity index (χ1v) is 10.9. The Balaban J connectivity index is 1.30. The second-order valence-corrected chi connectivity index (χ2v) is 7.99. The van der Waals surface area contributed by atoms with E-state index in [2.05, 4.69) is 35.2 Å². The van der Waals surface area contributed by atoms with Gasteiger partial charge in [0.2, 0.25) is 5.91 Å². The Hall–Kier alpha value is -4.22. The van der Waals surface area contributed by atoms with Crippen LogP contribution in [0.2, 0.25) is 0 Å². The van der Waals surface area contributed by atoms with Crippen molar-refractivity contribution in [1.82, 2.24) is 24.7 Å². The van der Waals surface area contributed by atoms with Crippen LogP contribution < -0.4 is 15.1 Å². The Morgan fingerprint density at radius 3 is 2.43 bits per heavy atom. The maximum atomic E-state index is 13.2. The van der Waals surface area contributed by atoms with Crippen LogP contribution in [-0.2, 0) is 17.5 Å². The van der Waals surface area contributed by atoms with Gasteiger partial charge in [0.05, 0.1) is 22.8 Å². The lowest BCUT2D eigenvalue weighted by Crippen LogP contribution is -2.47. The number of carbonyl (C=O) groups is 1. The number of nitrogens with zero attached hydrogens (tertiary/aromatic N) is 7. The summed E-state index contributed by atoms with van der Waals surface area (Å²) in [5.41, 5.74) is -0.780. The highest BCUT2D eigenvalue weighted by Gasteiger charge is 2.33. The fourth-order valence-electron chi connectivity index (χ4n) is 4.10. The Morgan fingerprint density at radius 2 is 1.69 bits per heavy atom. The fraction of sp³-hybridized carbons (Fsp3) is 0.261. The van der Waals surface area contributed by atoms with Crippen molar-refractivity contribution in [2.24, 2.45) is 0 Å². The third-order valence-electron chi connectivity index (χ3n) is 5.76. The van der Waals surface area contributed by atoms with Crippen molar-refractivity contribution in [2.75, 3.05) is 41.3 Å². The van der Waals surface area contributed by atoms with Gasteiger partial charge >= 0.3 is 6.18 Å². The summed E-state index contributed by atoms with van der Waals surface area (Å²) in [4.78, 5) is 30.0. The summed E-state index contributed by atoms with van der Waals surface area (Å²) >= 11 is 0. The predicted octanol–water partition coefficient (Wildman–Crippen LogP) is 3.21. The summed E-state index contributed by atoms with van der Waals surface area (Å²) < 4.78 is 41.0. The molecule has 1 N–H and O–H groups in total. The molecule has 0 unspecified atom stereocenters. The van der Waals surface area contributed by atoms with Crippen LogP contribution in [0.5, 0.6) is 0 Å². The largest absolute Gasteiger partial charge is 0.418 e. The molecular formula is C23H21F3N8O. The summed E-state index contributed by atoms with van der Waals surface area (Å²) in [5.74, 6) is 0.978. The van der Waals surface area contributed by atoms with Gasteiger partial charge in [-0.15, -0.1) is 0 Å². The molecule has 0 aliphatic carbocycles. The highest BCUT2D eigenvalue weighted by atomic mass is 19.4. The molecule has 0 bridgehead atoms. The van der Waals surface area contributed by atoms with E-state index in [4.69, 9.17) is 0 Å². The van der Waals surface area contributed by atoms with E-state index in [9.17, 15) is 18.0 Å². The zero-order valence-corrected chi connectivity index (χ0v) is 18.5. The maximum Gasteiger partial charge on any atom is 0.418 e. The van der Waals surface area contributed by atoms with E-state index in [-0.39, 0.29) is 12.2 Å². The Kier molecular flexibility index (Phi) is 5.93. The molecular weight excluding hydrogens is 461 g/mol. The first-order chi connectivity index (χ1) is 16.9. The summed E-state index contributed by atoms with van der Waals surface area (Å²) in [6, 6.07) is 10.6. The number of halogens is 3. The van der Waals surface area contributed by atoms with Crippen LogP contribution in [0.4, 0.5) is 30.5 Å². The normalized spacial score (nSPS) is 14.4. The number of nitrogens with one attached hydrogen (secondary N) is 1. The number of hydrogen-bond donors (Lipinski definition) is 1. The molecule has 4 aromatic rings. The van der Waals surface area contributed by atoms with Crippen LogP contribution in [0.1, 0.15) is 5.56 Å². The number of benzene rings is 1. The number of piperazine rings is 1. The molecule has 1 amide bonds. The third-order valence-corrected chi connectivity index (χ3v) is 5.76. The molecule has 4 heterocycles. The smallest absolute Gasteiger partial charge is 0.353 e. The van der Waals surface area contributed by atoms with E-state index in [1.165, 1.54) is 29.2 Å². The van der Waals surface area contributed by atoms with Gasteiger partial charge in [-0.3, -0.25) is 4.79 Å². The highest BCUT2D eigenvalue weighted by molar-refractivity contribution is 5.93. The number of amides is 1. The lowest BCUT2D eigenvalue weighted by molar-refractivity contribution is -0.137. The monoisotopic (exact) mass is 482 g/mol. The molecule has 1 saturated heterocycles. The quantitative estimate of drug-likeness (QED) is 0.467. The van der Waals surface area contributed by atoms with Crippen molar-refractivity contribution in [3.8, 4) is 0 Å². The van der Waals surface area contributed by atoms with Gasteiger partial charge in [0.15, 0.2) is 5.65 Å². The van der Waals surface area contributed by atoms with Crippen LogP contribution in [-0.4, -0.2) is 56.8 Å². The minimum Gasteiger partial charge on any atom is -0.353 e. The second kappa shape index (κ2) is 9.20. The minimum atomic E-state index is -4.58. The highest BCUT2D eigenvalue weighted by Crippen LogP contribution is 2.34. The number of alkyl halides is 3. The fourth-order valence-corrected chi connectivity index (χ4v) is 4.10. The molecule has 1 aromatic carbocycles. The summed E-state index contributed by atoms with van der Waals surface area (Å²) in [6.45, 7) is 2.65. The molecule has 3 aromatic heterocycles. The molecule has 12 heteroatoms. The van der Waals surface area contributed by atoms with Gasteiger partial charge in [-0.25, -0.2) is 19.6 Å². The Labute approximate surface area is 198 Å². The van der Waals surface area contributed by atoms with Crippen LogP contribution in [0.25, 0.3) is 11.0 Å².